The Hall–Kier alpha value is -1.02. The maximum atomic E-state index is 11.3. The molecule has 1 aromatic carbocycles. The van der Waals surface area contributed by atoms with E-state index in [-0.39, 0.29) is 5.97 Å². The quantitative estimate of drug-likeness (QED) is 0.411. The molecule has 1 aliphatic rings. The van der Waals surface area contributed by atoms with Crippen LogP contribution in [0.15, 0.2) is 24.3 Å². The molecule has 0 bridgehead atoms. The summed E-state index contributed by atoms with van der Waals surface area (Å²) >= 11 is 5.86. The highest BCUT2D eigenvalue weighted by atomic mass is 35.5. The molecular weight excluding hydrogens is 188 g/mol. The molecular formula is C10H8ClO2. The lowest BCUT2D eigenvalue weighted by atomic mass is 10.3. The maximum Gasteiger partial charge on any atom is 0.332 e. The Morgan fingerprint density at radius 3 is 2.85 bits per heavy atom. The first-order valence-electron chi connectivity index (χ1n) is 4.09. The van der Waals surface area contributed by atoms with Crippen LogP contribution in [0.1, 0.15) is 12.8 Å². The summed E-state index contributed by atoms with van der Waals surface area (Å²) in [6.45, 7) is 0. The summed E-state index contributed by atoms with van der Waals surface area (Å²) < 4.78 is 5.01. The van der Waals surface area contributed by atoms with Gasteiger partial charge in [0, 0.05) is 6.07 Å². The van der Waals surface area contributed by atoms with Crippen molar-refractivity contribution < 1.29 is 9.53 Å². The van der Waals surface area contributed by atoms with Gasteiger partial charge in [-0.05, 0) is 18.9 Å². The van der Waals surface area contributed by atoms with Gasteiger partial charge in [-0.25, -0.2) is 4.79 Å². The molecule has 0 heterocycles. The second-order valence-electron chi connectivity index (χ2n) is 3.08. The lowest BCUT2D eigenvalue weighted by molar-refractivity contribution is -0.134. The third-order valence-electron chi connectivity index (χ3n) is 1.94. The van der Waals surface area contributed by atoms with E-state index in [1.807, 2.05) is 6.07 Å². The van der Waals surface area contributed by atoms with Gasteiger partial charge in [0.15, 0.2) is 0 Å². The first-order valence-corrected chi connectivity index (χ1v) is 4.46. The number of rotatable bonds is 2. The molecule has 1 aliphatic carbocycles. The van der Waals surface area contributed by atoms with Gasteiger partial charge in [0.05, 0.1) is 0 Å². The van der Waals surface area contributed by atoms with Crippen molar-refractivity contribution in [1.82, 2.24) is 0 Å². The van der Waals surface area contributed by atoms with Crippen LogP contribution in [0.2, 0.25) is 0 Å². The topological polar surface area (TPSA) is 26.3 Å². The number of hydrogen-bond donors (Lipinski definition) is 0. The molecule has 0 atom stereocenters. The van der Waals surface area contributed by atoms with Crippen molar-refractivity contribution >= 4 is 17.6 Å². The standard InChI is InChI=1S/C10H8ClO2/c11-10(6-7-10)9(12)13-8-4-2-1-3-5-8/h1-4H,6-7H2. The molecule has 0 unspecified atom stereocenters. The molecule has 0 saturated heterocycles. The van der Waals surface area contributed by atoms with E-state index in [1.54, 1.807) is 18.2 Å². The van der Waals surface area contributed by atoms with Gasteiger partial charge < -0.3 is 4.74 Å². The van der Waals surface area contributed by atoms with E-state index < -0.39 is 4.87 Å². The second kappa shape index (κ2) is 3.04. The normalized spacial score (nSPS) is 17.9. The van der Waals surface area contributed by atoms with Gasteiger partial charge >= 0.3 is 5.97 Å². The molecule has 3 heteroatoms. The monoisotopic (exact) mass is 195 g/mol. The summed E-state index contributed by atoms with van der Waals surface area (Å²) in [4.78, 5) is 10.6. The molecule has 1 fully saturated rings. The minimum Gasteiger partial charge on any atom is -0.425 e. The second-order valence-corrected chi connectivity index (χ2v) is 3.81. The number of esters is 1. The number of carbonyl (C=O) groups excluding carboxylic acids is 1. The Balaban J connectivity index is 2.03. The fourth-order valence-electron chi connectivity index (χ4n) is 0.946. The molecule has 0 aromatic heterocycles. The van der Waals surface area contributed by atoms with Gasteiger partial charge in [-0.15, -0.1) is 11.6 Å². The Kier molecular flexibility index (Phi) is 2.00. The van der Waals surface area contributed by atoms with Crippen molar-refractivity contribution in [3.63, 3.8) is 0 Å². The van der Waals surface area contributed by atoms with Crippen molar-refractivity contribution in [3.05, 3.63) is 30.3 Å². The number of benzene rings is 1. The predicted octanol–water partition coefficient (Wildman–Crippen LogP) is 2.16. The van der Waals surface area contributed by atoms with Gasteiger partial charge in [-0.3, -0.25) is 0 Å². The molecule has 2 rings (SSSR count). The Labute approximate surface area is 81.5 Å². The Morgan fingerprint density at radius 2 is 2.31 bits per heavy atom. The summed E-state index contributed by atoms with van der Waals surface area (Å²) in [5, 5.41) is 0. The molecule has 67 valence electrons. The number of ether oxygens (including phenoxy) is 1. The van der Waals surface area contributed by atoms with Crippen LogP contribution < -0.4 is 4.74 Å². The highest BCUT2D eigenvalue weighted by molar-refractivity contribution is 6.36. The van der Waals surface area contributed by atoms with Crippen molar-refractivity contribution in [1.29, 1.82) is 0 Å². The summed E-state index contributed by atoms with van der Waals surface area (Å²) in [7, 11) is 0. The van der Waals surface area contributed by atoms with E-state index in [4.69, 9.17) is 16.3 Å². The van der Waals surface area contributed by atoms with Crippen LogP contribution in [0.3, 0.4) is 0 Å². The summed E-state index contributed by atoms with van der Waals surface area (Å²) in [6, 6.07) is 9.76. The van der Waals surface area contributed by atoms with Crippen LogP contribution in [0.4, 0.5) is 0 Å². The highest BCUT2D eigenvalue weighted by Gasteiger charge is 2.50. The summed E-state index contributed by atoms with van der Waals surface area (Å²) in [5.74, 6) is 0.0658. The van der Waals surface area contributed by atoms with Crippen molar-refractivity contribution in [2.75, 3.05) is 0 Å². The van der Waals surface area contributed by atoms with Crippen LogP contribution >= 0.6 is 11.6 Å². The van der Waals surface area contributed by atoms with Crippen LogP contribution in [-0.2, 0) is 4.79 Å². The third kappa shape index (κ3) is 1.83. The number of hydrogen-bond acceptors (Lipinski definition) is 2. The molecule has 1 saturated carbocycles. The molecule has 1 radical (unpaired) electrons. The smallest absolute Gasteiger partial charge is 0.332 e. The summed E-state index contributed by atoms with van der Waals surface area (Å²) in [5.41, 5.74) is 0. The number of carbonyl (C=O) groups is 1. The minimum absolute atomic E-state index is 0.364. The van der Waals surface area contributed by atoms with Gasteiger partial charge in [-0.2, -0.15) is 0 Å². The SMILES string of the molecule is O=C(Oc1[c]cccc1)C1(Cl)CC1. The molecule has 13 heavy (non-hydrogen) atoms. The lowest BCUT2D eigenvalue weighted by Crippen LogP contribution is -2.21. The Morgan fingerprint density at radius 1 is 1.54 bits per heavy atom. The zero-order valence-corrected chi connectivity index (χ0v) is 7.67. The van der Waals surface area contributed by atoms with E-state index in [0.29, 0.717) is 18.6 Å². The Bertz CT molecular complexity index is 317. The van der Waals surface area contributed by atoms with Crippen LogP contribution in [0.25, 0.3) is 0 Å². The summed E-state index contributed by atoms with van der Waals surface area (Å²) in [6.07, 6.45) is 1.42. The first-order chi connectivity index (χ1) is 6.21. The molecule has 0 N–H and O–H groups in total. The zero-order valence-electron chi connectivity index (χ0n) is 6.92. The van der Waals surface area contributed by atoms with E-state index in [1.165, 1.54) is 0 Å². The van der Waals surface area contributed by atoms with Crippen molar-refractivity contribution in [2.24, 2.45) is 0 Å². The average Bonchev–Trinajstić information content (AvgIpc) is 2.87. The molecule has 2 nitrogen and oxygen atoms in total. The van der Waals surface area contributed by atoms with Crippen LogP contribution in [-0.4, -0.2) is 10.8 Å². The van der Waals surface area contributed by atoms with E-state index in [2.05, 4.69) is 6.07 Å². The van der Waals surface area contributed by atoms with E-state index in [0.717, 1.165) is 0 Å². The van der Waals surface area contributed by atoms with Gasteiger partial charge in [-0.1, -0.05) is 18.2 Å². The first kappa shape index (κ1) is 8.57. The fraction of sp³-hybridized carbons (Fsp3) is 0.300. The van der Waals surface area contributed by atoms with Crippen LogP contribution in [0, 0.1) is 6.07 Å². The third-order valence-corrected chi connectivity index (χ3v) is 2.47. The number of alkyl halides is 1. The zero-order chi connectivity index (χ0) is 9.31. The number of para-hydroxylation sites is 1. The van der Waals surface area contributed by atoms with Gasteiger partial charge in [0.2, 0.25) is 0 Å². The lowest BCUT2D eigenvalue weighted by Gasteiger charge is -2.05. The molecule has 0 amide bonds. The molecule has 0 spiro atoms. The average molecular weight is 196 g/mol. The maximum absolute atomic E-state index is 11.3. The van der Waals surface area contributed by atoms with E-state index in [9.17, 15) is 4.79 Å². The van der Waals surface area contributed by atoms with Crippen molar-refractivity contribution in [2.45, 2.75) is 17.7 Å². The predicted molar refractivity (Wildman–Crippen MR) is 48.7 cm³/mol. The fourth-order valence-corrected chi connectivity index (χ4v) is 1.08. The van der Waals surface area contributed by atoms with Gasteiger partial charge in [0.1, 0.15) is 10.6 Å². The molecule has 0 aliphatic heterocycles. The van der Waals surface area contributed by atoms with Gasteiger partial charge in [0.25, 0.3) is 0 Å². The minimum atomic E-state index is -0.746. The van der Waals surface area contributed by atoms with E-state index >= 15 is 0 Å². The highest BCUT2D eigenvalue weighted by Crippen LogP contribution is 2.43. The largest absolute Gasteiger partial charge is 0.425 e. The number of halogens is 1. The van der Waals surface area contributed by atoms with Crippen molar-refractivity contribution in [3.8, 4) is 5.75 Å². The van der Waals surface area contributed by atoms with Crippen LogP contribution in [0.5, 0.6) is 5.75 Å². The molecule has 1 aromatic rings.